The van der Waals surface area contributed by atoms with Gasteiger partial charge in [0.1, 0.15) is 0 Å². The molecule has 0 N–H and O–H groups in total. The number of hydrogen-bond donors (Lipinski definition) is 0. The summed E-state index contributed by atoms with van der Waals surface area (Å²) in [6.07, 6.45) is 0. The Bertz CT molecular complexity index is 4030. The SMILES string of the molecule is Cc1cccc2ccc3c(-c4ccc(N(c5ccc(-c6ccc7ccc8cccc9ccc6c7c89)cc5)c5ccc(-c6ccc7ccc8cccc9ccc6c7c89)cc5)cc4)ccc(C)c3c12. The maximum Gasteiger partial charge on any atom is 0.0462 e. The van der Waals surface area contributed by atoms with Gasteiger partial charge in [-0.3, -0.25) is 0 Å². The van der Waals surface area contributed by atoms with E-state index in [1.54, 1.807) is 0 Å². The van der Waals surface area contributed by atoms with Crippen molar-refractivity contribution >= 4 is 103 Å². The number of anilines is 3. The van der Waals surface area contributed by atoms with Gasteiger partial charge in [0, 0.05) is 17.1 Å². The third-order valence-electron chi connectivity index (χ3n) is 14.8. The molecule has 14 aromatic carbocycles. The highest BCUT2D eigenvalue weighted by molar-refractivity contribution is 6.27. The number of fused-ring (bicyclic) bond motifs is 3. The summed E-state index contributed by atoms with van der Waals surface area (Å²) in [6, 6.07) is 83.9. The Morgan fingerprint density at radius 2 is 0.522 bits per heavy atom. The monoisotopic (exact) mass is 849 g/mol. The van der Waals surface area contributed by atoms with Crippen molar-refractivity contribution in [1.29, 1.82) is 0 Å². The van der Waals surface area contributed by atoms with Crippen molar-refractivity contribution in [2.24, 2.45) is 0 Å². The average molecular weight is 850 g/mol. The van der Waals surface area contributed by atoms with E-state index in [1.165, 1.54) is 131 Å². The van der Waals surface area contributed by atoms with E-state index < -0.39 is 0 Å². The zero-order valence-electron chi connectivity index (χ0n) is 37.3. The quantitative estimate of drug-likeness (QED) is 0.151. The summed E-state index contributed by atoms with van der Waals surface area (Å²) in [4.78, 5) is 2.40. The van der Waals surface area contributed by atoms with E-state index in [0.29, 0.717) is 0 Å². The van der Waals surface area contributed by atoms with Crippen molar-refractivity contribution in [2.75, 3.05) is 4.90 Å². The van der Waals surface area contributed by atoms with Crippen LogP contribution in [0.25, 0.3) is 120 Å². The maximum atomic E-state index is 2.40. The van der Waals surface area contributed by atoms with Crippen LogP contribution in [0.1, 0.15) is 11.1 Å². The molecule has 0 unspecified atom stereocenters. The van der Waals surface area contributed by atoms with Gasteiger partial charge in [0.05, 0.1) is 0 Å². The molecule has 14 aromatic rings. The molecule has 0 saturated heterocycles. The van der Waals surface area contributed by atoms with Gasteiger partial charge < -0.3 is 4.90 Å². The van der Waals surface area contributed by atoms with Crippen LogP contribution in [0.3, 0.4) is 0 Å². The number of hydrogen-bond acceptors (Lipinski definition) is 1. The van der Waals surface area contributed by atoms with Crippen LogP contribution in [0, 0.1) is 13.8 Å². The first-order valence-corrected chi connectivity index (χ1v) is 23.4. The Balaban J connectivity index is 0.890. The van der Waals surface area contributed by atoms with Crippen molar-refractivity contribution in [2.45, 2.75) is 13.8 Å². The lowest BCUT2D eigenvalue weighted by Crippen LogP contribution is -2.09. The Morgan fingerprint density at radius 3 is 0.940 bits per heavy atom. The fraction of sp³-hybridized carbons (Fsp3) is 0.0303. The largest absolute Gasteiger partial charge is 0.311 e. The summed E-state index contributed by atoms with van der Waals surface area (Å²) in [5.74, 6) is 0. The van der Waals surface area contributed by atoms with Gasteiger partial charge in [-0.2, -0.15) is 0 Å². The lowest BCUT2D eigenvalue weighted by atomic mass is 9.89. The number of benzene rings is 14. The molecular formula is C66H43N. The minimum atomic E-state index is 1.10. The van der Waals surface area contributed by atoms with E-state index in [0.717, 1.165) is 17.1 Å². The van der Waals surface area contributed by atoms with Crippen LogP contribution >= 0.6 is 0 Å². The van der Waals surface area contributed by atoms with E-state index in [-0.39, 0.29) is 0 Å². The van der Waals surface area contributed by atoms with Crippen LogP contribution < -0.4 is 4.90 Å². The fourth-order valence-corrected chi connectivity index (χ4v) is 11.6. The third-order valence-corrected chi connectivity index (χ3v) is 14.8. The van der Waals surface area contributed by atoms with E-state index >= 15 is 0 Å². The Morgan fingerprint density at radius 1 is 0.224 bits per heavy atom. The van der Waals surface area contributed by atoms with E-state index in [4.69, 9.17) is 0 Å². The molecule has 0 aliphatic heterocycles. The highest BCUT2D eigenvalue weighted by Crippen LogP contribution is 2.44. The van der Waals surface area contributed by atoms with Crippen LogP contribution in [-0.4, -0.2) is 0 Å². The second-order valence-corrected chi connectivity index (χ2v) is 18.5. The minimum absolute atomic E-state index is 1.10. The summed E-state index contributed by atoms with van der Waals surface area (Å²) in [7, 11) is 0. The van der Waals surface area contributed by atoms with Gasteiger partial charge in [-0.25, -0.2) is 0 Å². The Hall–Kier alpha value is -8.52. The van der Waals surface area contributed by atoms with Crippen molar-refractivity contribution in [1.82, 2.24) is 0 Å². The highest BCUT2D eigenvalue weighted by atomic mass is 15.1. The van der Waals surface area contributed by atoms with Crippen LogP contribution in [0.4, 0.5) is 17.1 Å². The van der Waals surface area contributed by atoms with Gasteiger partial charge in [-0.15, -0.1) is 0 Å². The minimum Gasteiger partial charge on any atom is -0.311 e. The van der Waals surface area contributed by atoms with Gasteiger partial charge in [0.15, 0.2) is 0 Å². The average Bonchev–Trinajstić information content (AvgIpc) is 3.38. The van der Waals surface area contributed by atoms with E-state index in [1.807, 2.05) is 0 Å². The summed E-state index contributed by atoms with van der Waals surface area (Å²) in [5, 5.41) is 20.9. The molecule has 0 spiro atoms. The van der Waals surface area contributed by atoms with Crippen LogP contribution in [-0.2, 0) is 0 Å². The van der Waals surface area contributed by atoms with Crippen LogP contribution in [0.15, 0.2) is 224 Å². The zero-order chi connectivity index (χ0) is 44.3. The van der Waals surface area contributed by atoms with Crippen LogP contribution in [0.2, 0.25) is 0 Å². The van der Waals surface area contributed by atoms with Crippen molar-refractivity contribution in [3.8, 4) is 33.4 Å². The molecule has 0 saturated carbocycles. The number of nitrogens with zero attached hydrogens (tertiary/aromatic N) is 1. The molecule has 1 heteroatoms. The molecule has 14 rings (SSSR count). The molecule has 67 heavy (non-hydrogen) atoms. The summed E-state index contributed by atoms with van der Waals surface area (Å²) >= 11 is 0. The van der Waals surface area contributed by atoms with Gasteiger partial charge >= 0.3 is 0 Å². The number of rotatable bonds is 6. The predicted molar refractivity (Wildman–Crippen MR) is 289 cm³/mol. The zero-order valence-corrected chi connectivity index (χ0v) is 37.3. The molecule has 0 aliphatic carbocycles. The molecule has 0 fully saturated rings. The van der Waals surface area contributed by atoms with Gasteiger partial charge in [0.2, 0.25) is 0 Å². The first kappa shape index (κ1) is 37.8. The van der Waals surface area contributed by atoms with Gasteiger partial charge in [-0.1, -0.05) is 188 Å². The highest BCUT2D eigenvalue weighted by Gasteiger charge is 2.18. The predicted octanol–water partition coefficient (Wildman–Crippen LogP) is 18.9. The molecular weight excluding hydrogens is 807 g/mol. The lowest BCUT2D eigenvalue weighted by Gasteiger charge is -2.26. The smallest absolute Gasteiger partial charge is 0.0462 e. The van der Waals surface area contributed by atoms with Crippen molar-refractivity contribution < 1.29 is 0 Å². The Kier molecular flexibility index (Phi) is 8.18. The molecule has 0 heterocycles. The summed E-state index contributed by atoms with van der Waals surface area (Å²) in [6.45, 7) is 4.47. The maximum absolute atomic E-state index is 2.40. The topological polar surface area (TPSA) is 3.24 Å². The first-order chi connectivity index (χ1) is 33.0. The van der Waals surface area contributed by atoms with Gasteiger partial charge in [0.25, 0.3) is 0 Å². The van der Waals surface area contributed by atoms with E-state index in [2.05, 4.69) is 243 Å². The van der Waals surface area contributed by atoms with Gasteiger partial charge in [-0.05, 0) is 181 Å². The standard InChI is InChI=1S/C66H43N/c1-40-6-3-7-45-25-37-58-55(34-12-41(2)62(58)61(40)45)42-17-28-52(29-18-42)67(53-30-19-43(20-31-53)56-35-23-50-15-13-46-8-4-10-48-26-38-59(56)65(50)63(46)48)54-32-21-44(22-33-54)57-36-24-51-16-14-47-9-5-11-49-27-39-60(57)66(51)64(47)49/h3-39H,1-2H3. The molecule has 0 bridgehead atoms. The lowest BCUT2D eigenvalue weighted by molar-refractivity contribution is 1.28. The van der Waals surface area contributed by atoms with Crippen LogP contribution in [0.5, 0.6) is 0 Å². The molecule has 0 atom stereocenters. The second kappa shape index (κ2) is 14.5. The number of aryl methyl sites for hydroxylation is 2. The molecule has 0 aromatic heterocycles. The molecule has 0 radical (unpaired) electrons. The van der Waals surface area contributed by atoms with E-state index in [9.17, 15) is 0 Å². The molecule has 0 aliphatic rings. The molecule has 0 amide bonds. The molecule has 1 nitrogen and oxygen atoms in total. The normalized spacial score (nSPS) is 12.0. The summed E-state index contributed by atoms with van der Waals surface area (Å²) < 4.78 is 0. The first-order valence-electron chi connectivity index (χ1n) is 23.4. The fourth-order valence-electron chi connectivity index (χ4n) is 11.6. The second-order valence-electron chi connectivity index (χ2n) is 18.5. The third kappa shape index (κ3) is 5.75. The summed E-state index contributed by atoms with van der Waals surface area (Å²) in [5.41, 5.74) is 13.3. The van der Waals surface area contributed by atoms with Crippen molar-refractivity contribution in [3.63, 3.8) is 0 Å². The molecule has 312 valence electrons. The van der Waals surface area contributed by atoms with Crippen molar-refractivity contribution in [3.05, 3.63) is 236 Å². The Labute approximate surface area is 389 Å².